The van der Waals surface area contributed by atoms with Crippen LogP contribution in [-0.2, 0) is 6.42 Å². The predicted molar refractivity (Wildman–Crippen MR) is 85.9 cm³/mol. The molecule has 0 aliphatic rings. The molecule has 2 aromatic rings. The topological polar surface area (TPSA) is 42.1 Å². The van der Waals surface area contributed by atoms with Crippen molar-refractivity contribution in [3.63, 3.8) is 0 Å². The van der Waals surface area contributed by atoms with E-state index in [1.54, 1.807) is 0 Å². The van der Waals surface area contributed by atoms with Crippen LogP contribution in [0, 0.1) is 0 Å². The first-order chi connectivity index (χ1) is 9.72. The third-order valence-electron chi connectivity index (χ3n) is 3.63. The van der Waals surface area contributed by atoms with Gasteiger partial charge in [0.15, 0.2) is 0 Å². The van der Waals surface area contributed by atoms with Crippen LogP contribution in [0.5, 0.6) is 0 Å². The summed E-state index contributed by atoms with van der Waals surface area (Å²) in [4.78, 5) is 8.24. The van der Waals surface area contributed by atoms with Gasteiger partial charge in [-0.25, -0.2) is 0 Å². The molecule has 0 aliphatic heterocycles. The Morgan fingerprint density at radius 2 is 2.15 bits per heavy atom. The predicted octanol–water partition coefficient (Wildman–Crippen LogP) is 3.10. The maximum Gasteiger partial charge on any atom is 0.0671 e. The molecule has 3 nitrogen and oxygen atoms in total. The average Bonchev–Trinajstić information content (AvgIpc) is 2.99. The smallest absolute Gasteiger partial charge is 0.0671 e. The Labute approximate surface area is 125 Å². The molecular formula is C16H23N3S. The highest BCUT2D eigenvalue weighted by molar-refractivity contribution is 7.09. The molecule has 2 N–H and O–H groups in total. The molecule has 2 aromatic heterocycles. The van der Waals surface area contributed by atoms with Crippen molar-refractivity contribution in [2.75, 3.05) is 13.6 Å². The van der Waals surface area contributed by atoms with Crippen LogP contribution in [0.2, 0.25) is 0 Å². The van der Waals surface area contributed by atoms with Gasteiger partial charge in [-0.3, -0.25) is 9.88 Å². The summed E-state index contributed by atoms with van der Waals surface area (Å²) in [7, 11) is 2.14. The van der Waals surface area contributed by atoms with Crippen molar-refractivity contribution in [1.82, 2.24) is 9.88 Å². The largest absolute Gasteiger partial charge is 0.326 e. The van der Waals surface area contributed by atoms with E-state index in [0.29, 0.717) is 0 Å². The fraction of sp³-hybridized carbons (Fsp3) is 0.438. The van der Waals surface area contributed by atoms with Gasteiger partial charge in [0.05, 0.1) is 11.7 Å². The Morgan fingerprint density at radius 1 is 1.30 bits per heavy atom. The van der Waals surface area contributed by atoms with Gasteiger partial charge in [0.2, 0.25) is 0 Å². The van der Waals surface area contributed by atoms with Crippen molar-refractivity contribution in [3.05, 3.63) is 52.5 Å². The van der Waals surface area contributed by atoms with E-state index in [-0.39, 0.29) is 12.1 Å². The summed E-state index contributed by atoms with van der Waals surface area (Å²) >= 11 is 1.81. The standard InChI is InChI=1S/C16H23N3S/c1-3-14(17)16(15-8-4-5-10-18-15)19(2)11-9-13-7-6-12-20-13/h4-8,10,12,14,16H,3,9,11,17H2,1-2H3. The minimum Gasteiger partial charge on any atom is -0.326 e. The molecule has 2 heterocycles. The number of nitrogens with zero attached hydrogens (tertiary/aromatic N) is 2. The van der Waals surface area contributed by atoms with E-state index >= 15 is 0 Å². The third kappa shape index (κ3) is 3.88. The summed E-state index contributed by atoms with van der Waals surface area (Å²) in [6.45, 7) is 3.13. The number of pyridine rings is 1. The lowest BCUT2D eigenvalue weighted by molar-refractivity contribution is 0.208. The van der Waals surface area contributed by atoms with E-state index in [9.17, 15) is 0 Å². The van der Waals surface area contributed by atoms with Crippen LogP contribution in [0.4, 0.5) is 0 Å². The van der Waals surface area contributed by atoms with Crippen LogP contribution in [0.25, 0.3) is 0 Å². The summed E-state index contributed by atoms with van der Waals surface area (Å²) < 4.78 is 0. The second kappa shape index (κ2) is 7.53. The molecule has 20 heavy (non-hydrogen) atoms. The van der Waals surface area contributed by atoms with Crippen molar-refractivity contribution in [3.8, 4) is 0 Å². The van der Waals surface area contributed by atoms with Crippen molar-refractivity contribution in [1.29, 1.82) is 0 Å². The lowest BCUT2D eigenvalue weighted by Gasteiger charge is -2.31. The quantitative estimate of drug-likeness (QED) is 0.851. The van der Waals surface area contributed by atoms with Gasteiger partial charge in [0, 0.05) is 23.7 Å². The van der Waals surface area contributed by atoms with Crippen LogP contribution in [0.3, 0.4) is 0 Å². The fourth-order valence-electron chi connectivity index (χ4n) is 2.43. The fourth-order valence-corrected chi connectivity index (χ4v) is 3.12. The molecule has 0 fully saturated rings. The van der Waals surface area contributed by atoms with Crippen molar-refractivity contribution < 1.29 is 0 Å². The summed E-state index contributed by atoms with van der Waals surface area (Å²) in [5.74, 6) is 0. The highest BCUT2D eigenvalue weighted by atomic mass is 32.1. The molecule has 2 atom stereocenters. The lowest BCUT2D eigenvalue weighted by Crippen LogP contribution is -2.40. The van der Waals surface area contributed by atoms with Crippen LogP contribution in [0.1, 0.15) is 30.0 Å². The Balaban J connectivity index is 2.06. The maximum atomic E-state index is 6.32. The summed E-state index contributed by atoms with van der Waals surface area (Å²) in [5, 5.41) is 2.13. The van der Waals surface area contributed by atoms with Crippen LogP contribution < -0.4 is 5.73 Å². The monoisotopic (exact) mass is 289 g/mol. The first kappa shape index (κ1) is 15.2. The van der Waals surface area contributed by atoms with Gasteiger partial charge < -0.3 is 5.73 Å². The molecule has 0 spiro atoms. The van der Waals surface area contributed by atoms with Gasteiger partial charge in [-0.05, 0) is 43.5 Å². The molecule has 2 rings (SSSR count). The summed E-state index contributed by atoms with van der Waals surface area (Å²) in [5.41, 5.74) is 7.39. The molecule has 0 aliphatic carbocycles. The van der Waals surface area contributed by atoms with Gasteiger partial charge in [-0.15, -0.1) is 11.3 Å². The average molecular weight is 289 g/mol. The molecule has 0 aromatic carbocycles. The molecule has 4 heteroatoms. The molecular weight excluding hydrogens is 266 g/mol. The first-order valence-electron chi connectivity index (χ1n) is 7.11. The van der Waals surface area contributed by atoms with Crippen LogP contribution >= 0.6 is 11.3 Å². The zero-order valence-electron chi connectivity index (χ0n) is 12.2. The van der Waals surface area contributed by atoms with Gasteiger partial charge in [-0.1, -0.05) is 19.1 Å². The lowest BCUT2D eigenvalue weighted by atomic mass is 10.0. The number of aromatic nitrogens is 1. The highest BCUT2D eigenvalue weighted by Crippen LogP contribution is 2.22. The van der Waals surface area contributed by atoms with Crippen molar-refractivity contribution >= 4 is 11.3 Å². The molecule has 108 valence electrons. The third-order valence-corrected chi connectivity index (χ3v) is 4.57. The Kier molecular flexibility index (Phi) is 5.71. The van der Waals surface area contributed by atoms with Crippen molar-refractivity contribution in [2.45, 2.75) is 31.8 Å². The highest BCUT2D eigenvalue weighted by Gasteiger charge is 2.23. The van der Waals surface area contributed by atoms with E-state index in [0.717, 1.165) is 25.1 Å². The van der Waals surface area contributed by atoms with E-state index in [2.05, 4.69) is 47.4 Å². The normalized spacial score (nSPS) is 14.4. The van der Waals surface area contributed by atoms with Gasteiger partial charge >= 0.3 is 0 Å². The van der Waals surface area contributed by atoms with E-state index in [1.807, 2.05) is 29.7 Å². The van der Waals surface area contributed by atoms with Gasteiger partial charge in [0.1, 0.15) is 0 Å². The Bertz CT molecular complexity index is 484. The van der Waals surface area contributed by atoms with E-state index in [4.69, 9.17) is 5.73 Å². The zero-order chi connectivity index (χ0) is 14.4. The SMILES string of the molecule is CCC(N)C(c1ccccn1)N(C)CCc1cccs1. The molecule has 2 unspecified atom stereocenters. The van der Waals surface area contributed by atoms with Gasteiger partial charge in [0.25, 0.3) is 0 Å². The molecule has 0 saturated carbocycles. The first-order valence-corrected chi connectivity index (χ1v) is 7.99. The molecule has 0 bridgehead atoms. The van der Waals surface area contributed by atoms with E-state index < -0.39 is 0 Å². The van der Waals surface area contributed by atoms with E-state index in [1.165, 1.54) is 4.88 Å². The maximum absolute atomic E-state index is 6.32. The minimum atomic E-state index is 0.109. The second-order valence-corrected chi connectivity index (χ2v) is 6.11. The van der Waals surface area contributed by atoms with Crippen molar-refractivity contribution in [2.24, 2.45) is 5.73 Å². The van der Waals surface area contributed by atoms with Crippen LogP contribution in [0.15, 0.2) is 41.9 Å². The Morgan fingerprint density at radius 3 is 2.75 bits per heavy atom. The number of thiophene rings is 1. The number of hydrogen-bond acceptors (Lipinski definition) is 4. The Hall–Kier alpha value is -1.23. The summed E-state index contributed by atoms with van der Waals surface area (Å²) in [6, 6.07) is 10.6. The van der Waals surface area contributed by atoms with Crippen LogP contribution in [-0.4, -0.2) is 29.5 Å². The number of likely N-dealkylation sites (N-methyl/N-ethyl adjacent to an activating group) is 1. The number of hydrogen-bond donors (Lipinski definition) is 1. The summed E-state index contributed by atoms with van der Waals surface area (Å²) in [6.07, 6.45) is 3.86. The second-order valence-electron chi connectivity index (χ2n) is 5.08. The molecule has 0 amide bonds. The zero-order valence-corrected chi connectivity index (χ0v) is 13.0. The number of nitrogens with two attached hydrogens (primary N) is 1. The van der Waals surface area contributed by atoms with Gasteiger partial charge in [-0.2, -0.15) is 0 Å². The molecule has 0 radical (unpaired) electrons. The number of rotatable bonds is 7. The molecule has 0 saturated heterocycles. The minimum absolute atomic E-state index is 0.109.